The molecule has 2 bridgehead atoms. The Labute approximate surface area is 121 Å². The summed E-state index contributed by atoms with van der Waals surface area (Å²) >= 11 is 0. The molecule has 4 heteroatoms. The fourth-order valence-corrected chi connectivity index (χ4v) is 4.11. The third kappa shape index (κ3) is 1.24. The van der Waals surface area contributed by atoms with Crippen molar-refractivity contribution in [1.82, 2.24) is 0 Å². The number of rotatable bonds is 1. The average Bonchev–Trinajstić information content (AvgIpc) is 2.54. The Balaban J connectivity index is 2.17. The van der Waals surface area contributed by atoms with Crippen LogP contribution in [0.15, 0.2) is 48.5 Å². The zero-order chi connectivity index (χ0) is 14.6. The van der Waals surface area contributed by atoms with Gasteiger partial charge in [0.15, 0.2) is 0 Å². The van der Waals surface area contributed by atoms with Gasteiger partial charge in [0.05, 0.1) is 6.07 Å². The number of nitriles is 1. The molecule has 4 nitrogen and oxygen atoms in total. The van der Waals surface area contributed by atoms with E-state index in [9.17, 15) is 15.4 Å². The Hall–Kier alpha value is -2.67. The van der Waals surface area contributed by atoms with Crippen molar-refractivity contribution in [2.45, 2.75) is 17.9 Å². The van der Waals surface area contributed by atoms with Crippen molar-refractivity contribution in [1.29, 1.82) is 5.26 Å². The van der Waals surface area contributed by atoms with E-state index in [4.69, 9.17) is 0 Å². The predicted molar refractivity (Wildman–Crippen MR) is 76.2 cm³/mol. The van der Waals surface area contributed by atoms with E-state index in [1.54, 1.807) is 0 Å². The van der Waals surface area contributed by atoms with Crippen molar-refractivity contribution < 1.29 is 4.92 Å². The van der Waals surface area contributed by atoms with Gasteiger partial charge in [0.2, 0.25) is 0 Å². The monoisotopic (exact) mass is 276 g/mol. The molecule has 0 spiro atoms. The van der Waals surface area contributed by atoms with E-state index in [1.807, 2.05) is 48.5 Å². The summed E-state index contributed by atoms with van der Waals surface area (Å²) in [6, 6.07) is 17.2. The minimum atomic E-state index is -1.42. The van der Waals surface area contributed by atoms with Gasteiger partial charge in [-0.05, 0) is 17.5 Å². The van der Waals surface area contributed by atoms with E-state index in [-0.39, 0.29) is 10.8 Å². The Bertz CT molecular complexity index is 759. The van der Waals surface area contributed by atoms with Crippen LogP contribution in [0.5, 0.6) is 0 Å². The lowest BCUT2D eigenvalue weighted by Crippen LogP contribution is -2.51. The first-order chi connectivity index (χ1) is 10.2. The normalized spacial score (nSPS) is 28.3. The van der Waals surface area contributed by atoms with Crippen LogP contribution in [-0.2, 0) is 5.54 Å². The van der Waals surface area contributed by atoms with Crippen LogP contribution in [0.25, 0.3) is 0 Å². The van der Waals surface area contributed by atoms with Crippen LogP contribution < -0.4 is 0 Å². The van der Waals surface area contributed by atoms with Gasteiger partial charge in [-0.15, -0.1) is 0 Å². The third-order valence-corrected chi connectivity index (χ3v) is 4.91. The second-order valence-corrected chi connectivity index (χ2v) is 5.67. The van der Waals surface area contributed by atoms with E-state index < -0.39 is 11.5 Å². The maximum absolute atomic E-state index is 12.1. The maximum Gasteiger partial charge on any atom is 0.288 e. The molecule has 102 valence electrons. The number of nitrogens with zero attached hydrogens (tertiary/aromatic N) is 2. The lowest BCUT2D eigenvalue weighted by molar-refractivity contribution is -0.577. The number of fused-ring (bicyclic) bond motifs is 1. The molecule has 0 unspecified atom stereocenters. The van der Waals surface area contributed by atoms with Crippen molar-refractivity contribution in [2.75, 3.05) is 0 Å². The van der Waals surface area contributed by atoms with E-state index >= 15 is 0 Å². The van der Waals surface area contributed by atoms with Crippen LogP contribution in [0, 0.1) is 27.4 Å². The van der Waals surface area contributed by atoms with Gasteiger partial charge in [-0.2, -0.15) is 5.26 Å². The van der Waals surface area contributed by atoms with Crippen molar-refractivity contribution >= 4 is 0 Å². The lowest BCUT2D eigenvalue weighted by Gasteiger charge is -2.45. The molecule has 3 aliphatic rings. The molecule has 1 atom stereocenters. The van der Waals surface area contributed by atoms with Gasteiger partial charge in [0.1, 0.15) is 5.92 Å². The van der Waals surface area contributed by atoms with Crippen LogP contribution in [0.2, 0.25) is 0 Å². The Morgan fingerprint density at radius 2 is 1.62 bits per heavy atom. The second-order valence-electron chi connectivity index (χ2n) is 5.67. The molecule has 0 heterocycles. The van der Waals surface area contributed by atoms with Gasteiger partial charge in [0.25, 0.3) is 5.54 Å². The summed E-state index contributed by atoms with van der Waals surface area (Å²) in [6.07, 6.45) is 0.519. The number of benzene rings is 2. The van der Waals surface area contributed by atoms with Gasteiger partial charge >= 0.3 is 0 Å². The minimum Gasteiger partial charge on any atom is -0.263 e. The molecular weight excluding hydrogens is 264 g/mol. The first-order valence-electron chi connectivity index (χ1n) is 6.94. The molecule has 0 saturated carbocycles. The second kappa shape index (κ2) is 3.92. The van der Waals surface area contributed by atoms with E-state index in [1.165, 1.54) is 0 Å². The lowest BCUT2D eigenvalue weighted by atomic mass is 9.55. The van der Waals surface area contributed by atoms with Crippen LogP contribution in [0.1, 0.15) is 34.6 Å². The highest BCUT2D eigenvalue weighted by Gasteiger charge is 2.63. The first kappa shape index (κ1) is 12.1. The van der Waals surface area contributed by atoms with Crippen molar-refractivity contribution in [2.24, 2.45) is 5.92 Å². The Kier molecular flexibility index (Phi) is 2.26. The first-order valence-corrected chi connectivity index (χ1v) is 6.94. The quantitative estimate of drug-likeness (QED) is 0.593. The zero-order valence-corrected chi connectivity index (χ0v) is 11.2. The van der Waals surface area contributed by atoms with Crippen molar-refractivity contribution in [3.05, 3.63) is 80.9 Å². The van der Waals surface area contributed by atoms with Crippen LogP contribution in [0.3, 0.4) is 0 Å². The third-order valence-electron chi connectivity index (χ3n) is 4.91. The highest BCUT2D eigenvalue weighted by atomic mass is 16.6. The SMILES string of the molecule is N#C[C@@H]1CC2c3ccccc3C1([N+](=O)[O-])c1ccccc12. The zero-order valence-electron chi connectivity index (χ0n) is 11.2. The molecule has 0 radical (unpaired) electrons. The fourth-order valence-electron chi connectivity index (χ4n) is 4.11. The smallest absolute Gasteiger partial charge is 0.263 e. The molecule has 3 aliphatic carbocycles. The maximum atomic E-state index is 12.1. The highest BCUT2D eigenvalue weighted by Crippen LogP contribution is 2.58. The molecule has 0 N–H and O–H groups in total. The topological polar surface area (TPSA) is 66.9 Å². The fraction of sp³-hybridized carbons (Fsp3) is 0.235. The average molecular weight is 276 g/mol. The number of nitro groups is 1. The van der Waals surface area contributed by atoms with Crippen LogP contribution >= 0.6 is 0 Å². The van der Waals surface area contributed by atoms with Gasteiger partial charge in [-0.1, -0.05) is 48.5 Å². The molecule has 0 saturated heterocycles. The summed E-state index contributed by atoms with van der Waals surface area (Å²) in [6.45, 7) is 0. The summed E-state index contributed by atoms with van der Waals surface area (Å²) in [5.41, 5.74) is 1.96. The standard InChI is InChI=1S/C17H12N2O2/c18-10-11-9-14-12-5-1-3-7-15(12)17(11,19(20)21)16-8-4-2-6-13(14)16/h1-8,11,14H,9H2/t11-,14?,17?/m0/s1. The molecule has 21 heavy (non-hydrogen) atoms. The minimum absolute atomic E-state index is 0.0869. The molecule has 2 aromatic rings. The summed E-state index contributed by atoms with van der Waals surface area (Å²) in [5, 5.41) is 21.6. The molecular formula is C17H12N2O2. The number of hydrogen-bond donors (Lipinski definition) is 0. The summed E-state index contributed by atoms with van der Waals surface area (Å²) in [7, 11) is 0. The van der Waals surface area contributed by atoms with E-state index in [2.05, 4.69) is 6.07 Å². The van der Waals surface area contributed by atoms with Gasteiger partial charge < -0.3 is 0 Å². The van der Waals surface area contributed by atoms with Gasteiger partial charge in [-0.25, -0.2) is 0 Å². The molecule has 5 rings (SSSR count). The Morgan fingerprint density at radius 3 is 2.10 bits per heavy atom. The molecule has 0 aliphatic heterocycles. The summed E-state index contributed by atoms with van der Waals surface area (Å²) in [4.78, 5) is 11.8. The summed E-state index contributed by atoms with van der Waals surface area (Å²) < 4.78 is 0. The van der Waals surface area contributed by atoms with Crippen LogP contribution in [-0.4, -0.2) is 4.92 Å². The van der Waals surface area contributed by atoms with Crippen molar-refractivity contribution in [3.63, 3.8) is 0 Å². The molecule has 2 aromatic carbocycles. The Morgan fingerprint density at radius 1 is 1.10 bits per heavy atom. The summed E-state index contributed by atoms with van der Waals surface area (Å²) in [5.74, 6) is -0.536. The largest absolute Gasteiger partial charge is 0.288 e. The number of hydrogen-bond acceptors (Lipinski definition) is 3. The molecule has 0 amide bonds. The molecule has 0 fully saturated rings. The van der Waals surface area contributed by atoms with E-state index in [0.717, 1.165) is 11.1 Å². The van der Waals surface area contributed by atoms with Gasteiger partial charge in [-0.3, -0.25) is 10.1 Å². The molecule has 0 aromatic heterocycles. The van der Waals surface area contributed by atoms with Crippen LogP contribution in [0.4, 0.5) is 0 Å². The van der Waals surface area contributed by atoms with E-state index in [0.29, 0.717) is 17.5 Å². The van der Waals surface area contributed by atoms with Crippen molar-refractivity contribution in [3.8, 4) is 6.07 Å². The van der Waals surface area contributed by atoms with Gasteiger partial charge in [0, 0.05) is 22.0 Å². The highest BCUT2D eigenvalue weighted by molar-refractivity contribution is 5.58. The predicted octanol–water partition coefficient (Wildman–Crippen LogP) is 3.20.